The van der Waals surface area contributed by atoms with E-state index in [0.29, 0.717) is 5.56 Å². The first-order valence-electron chi connectivity index (χ1n) is 3.32. The van der Waals surface area contributed by atoms with Crippen LogP contribution in [0.1, 0.15) is 5.56 Å². The van der Waals surface area contributed by atoms with Gasteiger partial charge in [-0.3, -0.25) is 0 Å². The van der Waals surface area contributed by atoms with E-state index in [-0.39, 0.29) is 12.8 Å². The van der Waals surface area contributed by atoms with Gasteiger partial charge in [-0.2, -0.15) is 0 Å². The Balaban J connectivity index is 0.00000144. The van der Waals surface area contributed by atoms with Crippen molar-refractivity contribution >= 4 is 9.32 Å². The Kier molecular flexibility index (Phi) is 4.67. The lowest BCUT2D eigenvalue weighted by molar-refractivity contribution is 0.166. The summed E-state index contributed by atoms with van der Waals surface area (Å²) >= 11 is 0. The van der Waals surface area contributed by atoms with Crippen LogP contribution in [0.3, 0.4) is 0 Å². The molecule has 13 heavy (non-hydrogen) atoms. The van der Waals surface area contributed by atoms with E-state index in [4.69, 9.17) is 0 Å². The predicted octanol–water partition coefficient (Wildman–Crippen LogP) is 2.71. The zero-order chi connectivity index (χ0) is 9.03. The molecule has 0 spiro atoms. The van der Waals surface area contributed by atoms with Crippen molar-refractivity contribution in [3.63, 3.8) is 0 Å². The van der Waals surface area contributed by atoms with Gasteiger partial charge in [0.1, 0.15) is 0 Å². The molecule has 0 saturated heterocycles. The molecule has 0 aliphatic heterocycles. The van der Waals surface area contributed by atoms with Crippen LogP contribution < -0.4 is 6.15 Å². The summed E-state index contributed by atoms with van der Waals surface area (Å²) in [6, 6.07) is 8.29. The van der Waals surface area contributed by atoms with Gasteiger partial charge in [0.2, 0.25) is 0 Å². The van der Waals surface area contributed by atoms with Crippen molar-refractivity contribution in [3.05, 3.63) is 35.9 Å². The molecule has 0 aliphatic rings. The van der Waals surface area contributed by atoms with E-state index < -0.39 is 9.32 Å². The van der Waals surface area contributed by atoms with E-state index in [1.165, 1.54) is 0 Å². The molecule has 2 nitrogen and oxygen atoms in total. The van der Waals surface area contributed by atoms with E-state index in [0.717, 1.165) is 0 Å². The van der Waals surface area contributed by atoms with Crippen molar-refractivity contribution in [1.82, 2.24) is 6.15 Å². The van der Waals surface area contributed by atoms with Gasteiger partial charge in [-0.05, 0) is 5.56 Å². The smallest absolute Gasteiger partial charge is 0.344 e. The first-order chi connectivity index (χ1) is 5.58. The Hall–Kier alpha value is -0.853. The van der Waals surface area contributed by atoms with E-state index in [1.54, 1.807) is 30.3 Å². The zero-order valence-corrected chi connectivity index (χ0v) is 7.84. The van der Waals surface area contributed by atoms with Crippen LogP contribution in [0.5, 0.6) is 0 Å². The lowest BCUT2D eigenvalue weighted by atomic mass is 10.2. The van der Waals surface area contributed by atoms with Crippen molar-refractivity contribution in [3.8, 4) is 0 Å². The molecule has 0 unspecified atom stereocenters. The lowest BCUT2D eigenvalue weighted by Crippen LogP contribution is -2.20. The molecule has 3 N–H and O–H groups in total. The fourth-order valence-electron chi connectivity index (χ4n) is 0.739. The van der Waals surface area contributed by atoms with E-state index >= 15 is 0 Å². The third-order valence-electron chi connectivity index (χ3n) is 1.25. The highest BCUT2D eigenvalue weighted by atomic mass is 28.5. The summed E-state index contributed by atoms with van der Waals surface area (Å²) in [4.78, 5) is 0. The van der Waals surface area contributed by atoms with Crippen LogP contribution in [0.2, 0.25) is 0 Å². The minimum atomic E-state index is -5.84. The van der Waals surface area contributed by atoms with Crippen molar-refractivity contribution in [2.24, 2.45) is 0 Å². The molecule has 6 heteroatoms. The van der Waals surface area contributed by atoms with Crippen LogP contribution in [-0.4, -0.2) is 9.32 Å². The molecule has 0 bridgehead atoms. The molecule has 0 heterocycles. The minimum absolute atomic E-state index is 0. The summed E-state index contributed by atoms with van der Waals surface area (Å²) in [5.74, 6) is 0. The normalized spacial score (nSPS) is 10.7. The van der Waals surface area contributed by atoms with Gasteiger partial charge in [-0.25, -0.2) is 12.3 Å². The number of hydrogen-bond donors (Lipinski definition) is 1. The Morgan fingerprint density at radius 1 is 1.08 bits per heavy atom. The van der Waals surface area contributed by atoms with Gasteiger partial charge >= 0.3 is 9.32 Å². The van der Waals surface area contributed by atoms with Gasteiger partial charge in [-0.1, -0.05) is 30.3 Å². The van der Waals surface area contributed by atoms with Gasteiger partial charge < -0.3 is 10.6 Å². The summed E-state index contributed by atoms with van der Waals surface area (Å²) in [6.07, 6.45) is 0. The minimum Gasteiger partial charge on any atom is -0.344 e. The quantitative estimate of drug-likeness (QED) is 0.614. The second-order valence-corrected chi connectivity index (χ2v) is 3.40. The third kappa shape index (κ3) is 5.40. The van der Waals surface area contributed by atoms with E-state index in [1.807, 2.05) is 0 Å². The first kappa shape index (κ1) is 12.1. The zero-order valence-electron chi connectivity index (χ0n) is 6.84. The maximum absolute atomic E-state index is 11.7. The molecule has 1 aromatic rings. The van der Waals surface area contributed by atoms with Crippen molar-refractivity contribution in [2.75, 3.05) is 0 Å². The molecule has 74 valence electrons. The van der Waals surface area contributed by atoms with Crippen molar-refractivity contribution in [1.29, 1.82) is 0 Å². The van der Waals surface area contributed by atoms with E-state index in [9.17, 15) is 12.3 Å². The fraction of sp³-hybridized carbons (Fsp3) is 0.143. The predicted molar refractivity (Wildman–Crippen MR) is 45.3 cm³/mol. The molecule has 0 saturated carbocycles. The summed E-state index contributed by atoms with van der Waals surface area (Å²) in [7, 11) is -5.84. The lowest BCUT2D eigenvalue weighted by Gasteiger charge is -2.03. The van der Waals surface area contributed by atoms with Gasteiger partial charge in [-0.15, -0.1) is 0 Å². The highest BCUT2D eigenvalue weighted by Crippen LogP contribution is 2.12. The van der Waals surface area contributed by atoms with Gasteiger partial charge in [0, 0.05) is 0 Å². The molecule has 0 aliphatic carbocycles. The maximum Gasteiger partial charge on any atom is 0.802 e. The molecular formula is C7H10F3NOSi. The molecular weight excluding hydrogens is 199 g/mol. The number of rotatable bonds is 3. The fourth-order valence-corrected chi connectivity index (χ4v) is 1.07. The number of hydrogen-bond acceptors (Lipinski definition) is 2. The standard InChI is InChI=1S/C7H7F3OSi.H3N/c8-12(9,10)11-6-7-4-2-1-3-5-7;/h1-5H,6H2;1H3. The second-order valence-electron chi connectivity index (χ2n) is 2.22. The SMILES string of the molecule is F[Si](F)(F)OCc1ccccc1.N. The average Bonchev–Trinajstić information content (AvgIpc) is 2.02. The van der Waals surface area contributed by atoms with Crippen LogP contribution in [0, 0.1) is 0 Å². The molecule has 0 aromatic heterocycles. The third-order valence-corrected chi connectivity index (χ3v) is 1.72. The Morgan fingerprint density at radius 2 is 1.62 bits per heavy atom. The summed E-state index contributed by atoms with van der Waals surface area (Å²) in [5.41, 5.74) is 0.544. The highest BCUT2D eigenvalue weighted by molar-refractivity contribution is 6.51. The van der Waals surface area contributed by atoms with Crippen LogP contribution in [0.15, 0.2) is 30.3 Å². The second kappa shape index (κ2) is 5.00. The van der Waals surface area contributed by atoms with Crippen molar-refractivity contribution < 1.29 is 16.7 Å². The first-order valence-corrected chi connectivity index (χ1v) is 4.87. The summed E-state index contributed by atoms with van der Waals surface area (Å²) in [6.45, 7) is -0.365. The van der Waals surface area contributed by atoms with Gasteiger partial charge in [0.05, 0.1) is 6.61 Å². The highest BCUT2D eigenvalue weighted by Gasteiger charge is 2.41. The molecule has 1 aromatic carbocycles. The van der Waals surface area contributed by atoms with Crippen LogP contribution in [0.4, 0.5) is 12.3 Å². The Bertz CT molecular complexity index is 239. The Morgan fingerprint density at radius 3 is 2.08 bits per heavy atom. The molecule has 0 atom stereocenters. The topological polar surface area (TPSA) is 44.2 Å². The summed E-state index contributed by atoms with van der Waals surface area (Å²) in [5, 5.41) is 0. The molecule has 0 radical (unpaired) electrons. The molecule has 1 rings (SSSR count). The number of halogens is 3. The number of benzene rings is 1. The Labute approximate surface area is 75.6 Å². The average molecular weight is 209 g/mol. The molecule has 0 fully saturated rings. The monoisotopic (exact) mass is 209 g/mol. The van der Waals surface area contributed by atoms with Crippen LogP contribution in [0.25, 0.3) is 0 Å². The van der Waals surface area contributed by atoms with Crippen LogP contribution >= 0.6 is 0 Å². The summed E-state index contributed by atoms with van der Waals surface area (Å²) < 4.78 is 38.7. The maximum atomic E-state index is 11.7. The largest absolute Gasteiger partial charge is 0.802 e. The van der Waals surface area contributed by atoms with Crippen molar-refractivity contribution in [2.45, 2.75) is 6.61 Å². The van der Waals surface area contributed by atoms with Gasteiger partial charge in [0.15, 0.2) is 0 Å². The van der Waals surface area contributed by atoms with Crippen LogP contribution in [-0.2, 0) is 11.0 Å². The molecule has 0 amide bonds. The van der Waals surface area contributed by atoms with Gasteiger partial charge in [0.25, 0.3) is 0 Å². The van der Waals surface area contributed by atoms with E-state index in [2.05, 4.69) is 4.43 Å².